The van der Waals surface area contributed by atoms with E-state index in [0.29, 0.717) is 25.9 Å². The molecule has 1 amide bonds. The Morgan fingerprint density at radius 1 is 0.360 bits per heavy atom. The summed E-state index contributed by atoms with van der Waals surface area (Å²) in [6.45, 7) is 4.97. The van der Waals surface area contributed by atoms with Gasteiger partial charge in [0.15, 0.2) is 0 Å². The smallest absolute Gasteiger partial charge is 0.305 e. The van der Waals surface area contributed by atoms with E-state index in [1.807, 2.05) is 0 Å². The van der Waals surface area contributed by atoms with Gasteiger partial charge in [-0.25, -0.2) is 0 Å². The van der Waals surface area contributed by atoms with Crippen molar-refractivity contribution in [1.82, 2.24) is 5.32 Å². The van der Waals surface area contributed by atoms with E-state index in [2.05, 4.69) is 43.5 Å². The van der Waals surface area contributed by atoms with Crippen LogP contribution in [-0.4, -0.2) is 47.4 Å². The van der Waals surface area contributed by atoms with Crippen LogP contribution in [0.25, 0.3) is 0 Å². The lowest BCUT2D eigenvalue weighted by atomic mass is 10.0. The number of aliphatic hydroxyl groups is 2. The summed E-state index contributed by atoms with van der Waals surface area (Å²) in [4.78, 5) is 24.6. The van der Waals surface area contributed by atoms with E-state index in [0.717, 1.165) is 44.9 Å². The van der Waals surface area contributed by atoms with Gasteiger partial charge in [0.1, 0.15) is 0 Å². The molecule has 0 aliphatic rings. The highest BCUT2D eigenvalue weighted by Crippen LogP contribution is 2.18. The van der Waals surface area contributed by atoms with E-state index in [9.17, 15) is 19.8 Å². The van der Waals surface area contributed by atoms with Crippen LogP contribution in [0.2, 0.25) is 0 Å². The molecule has 0 radical (unpaired) electrons. The molecule has 444 valence electrons. The second-order valence-electron chi connectivity index (χ2n) is 23.5. The number of amides is 1. The average molecular weight is 1060 g/mol. The number of rotatable bonds is 64. The van der Waals surface area contributed by atoms with Crippen molar-refractivity contribution in [1.29, 1.82) is 0 Å². The van der Waals surface area contributed by atoms with Crippen LogP contribution in [0.5, 0.6) is 0 Å². The highest BCUT2D eigenvalue weighted by Gasteiger charge is 2.20. The van der Waals surface area contributed by atoms with E-state index in [-0.39, 0.29) is 18.5 Å². The van der Waals surface area contributed by atoms with Crippen LogP contribution >= 0.6 is 0 Å². The van der Waals surface area contributed by atoms with Gasteiger partial charge in [-0.05, 0) is 77.0 Å². The van der Waals surface area contributed by atoms with E-state index in [1.54, 1.807) is 0 Å². The molecule has 0 aromatic heterocycles. The zero-order chi connectivity index (χ0) is 54.3. The lowest BCUT2D eigenvalue weighted by Gasteiger charge is -2.22. The molecule has 0 fully saturated rings. The number of aliphatic hydroxyl groups excluding tert-OH is 2. The van der Waals surface area contributed by atoms with Gasteiger partial charge in [-0.3, -0.25) is 9.59 Å². The van der Waals surface area contributed by atoms with Crippen LogP contribution in [0, 0.1) is 0 Å². The molecule has 75 heavy (non-hydrogen) atoms. The molecule has 3 N–H and O–H groups in total. The molecule has 0 saturated carbocycles. The Balaban J connectivity index is 3.39. The Kier molecular flexibility index (Phi) is 63.4. The molecule has 0 spiro atoms. The summed E-state index contributed by atoms with van der Waals surface area (Å²) in [5, 5.41) is 23.4. The predicted molar refractivity (Wildman–Crippen MR) is 329 cm³/mol. The number of hydrogen-bond acceptors (Lipinski definition) is 5. The fraction of sp³-hybridized carbons (Fsp3) is 0.913. The maximum atomic E-state index is 12.5. The molecule has 0 rings (SSSR count). The van der Waals surface area contributed by atoms with Crippen LogP contribution in [-0.2, 0) is 14.3 Å². The second-order valence-corrected chi connectivity index (χ2v) is 23.5. The monoisotopic (exact) mass is 1060 g/mol. The summed E-state index contributed by atoms with van der Waals surface area (Å²) in [6.07, 6.45) is 80.7. The molecule has 2 unspecified atom stereocenters. The van der Waals surface area contributed by atoms with Crippen molar-refractivity contribution in [3.05, 3.63) is 24.3 Å². The molecule has 0 saturated heterocycles. The lowest BCUT2D eigenvalue weighted by Crippen LogP contribution is -2.45. The van der Waals surface area contributed by atoms with Crippen molar-refractivity contribution in [3.8, 4) is 0 Å². The minimum atomic E-state index is -0.666. The van der Waals surface area contributed by atoms with Crippen LogP contribution in [0.1, 0.15) is 380 Å². The standard InChI is InChI=1S/C69H133NO5/c1-3-5-7-9-11-13-15-17-19-20-31-34-37-41-45-49-53-57-61-67(72)66(65-71)70-68(73)62-58-54-50-46-42-38-35-32-29-27-25-23-21-22-24-26-28-30-33-36-40-44-48-52-56-60-64-75-69(74)63-59-55-51-47-43-39-18-16-14-12-10-8-6-4-2/h16,18,21,23,66-67,71-72H,3-15,17,19-20,22,24-65H2,1-2H3,(H,70,73)/b18-16-,23-21-. The van der Waals surface area contributed by atoms with Crippen LogP contribution in [0.3, 0.4) is 0 Å². The number of esters is 1. The van der Waals surface area contributed by atoms with E-state index < -0.39 is 12.1 Å². The third-order valence-corrected chi connectivity index (χ3v) is 16.0. The summed E-state index contributed by atoms with van der Waals surface area (Å²) in [5.74, 6) is -0.0270. The number of nitrogens with one attached hydrogen (secondary N) is 1. The Morgan fingerprint density at radius 2 is 0.627 bits per heavy atom. The Hall–Kier alpha value is -1.66. The number of allylic oxidation sites excluding steroid dienone is 4. The lowest BCUT2D eigenvalue weighted by molar-refractivity contribution is -0.143. The van der Waals surface area contributed by atoms with Crippen molar-refractivity contribution in [2.75, 3.05) is 13.2 Å². The molecule has 0 heterocycles. The number of ether oxygens (including phenoxy) is 1. The molecule has 6 heteroatoms. The normalized spacial score (nSPS) is 12.6. The summed E-state index contributed by atoms with van der Waals surface area (Å²) in [7, 11) is 0. The molecule has 6 nitrogen and oxygen atoms in total. The van der Waals surface area contributed by atoms with Crippen molar-refractivity contribution < 1.29 is 24.5 Å². The van der Waals surface area contributed by atoms with Gasteiger partial charge in [0, 0.05) is 12.8 Å². The fourth-order valence-corrected chi connectivity index (χ4v) is 10.7. The largest absolute Gasteiger partial charge is 0.466 e. The minimum absolute atomic E-state index is 0.00639. The molecule has 0 aromatic carbocycles. The number of hydrogen-bond donors (Lipinski definition) is 3. The van der Waals surface area contributed by atoms with Crippen molar-refractivity contribution in [2.24, 2.45) is 0 Å². The van der Waals surface area contributed by atoms with Gasteiger partial charge in [-0.1, -0.05) is 314 Å². The van der Waals surface area contributed by atoms with Gasteiger partial charge in [0.05, 0.1) is 25.4 Å². The van der Waals surface area contributed by atoms with E-state index in [1.165, 1.54) is 302 Å². The van der Waals surface area contributed by atoms with Crippen molar-refractivity contribution in [3.63, 3.8) is 0 Å². The minimum Gasteiger partial charge on any atom is -0.466 e. The molecular weight excluding hydrogens is 923 g/mol. The third-order valence-electron chi connectivity index (χ3n) is 16.0. The number of carbonyl (C=O) groups excluding carboxylic acids is 2. The summed E-state index contributed by atoms with van der Waals surface area (Å²) < 4.78 is 5.48. The molecule has 0 aromatic rings. The molecule has 2 atom stereocenters. The first-order chi connectivity index (χ1) is 37.0. The first-order valence-corrected chi connectivity index (χ1v) is 34.1. The third kappa shape index (κ3) is 61.4. The van der Waals surface area contributed by atoms with Gasteiger partial charge in [-0.2, -0.15) is 0 Å². The van der Waals surface area contributed by atoms with Crippen LogP contribution in [0.4, 0.5) is 0 Å². The Labute approximate surface area is 469 Å². The van der Waals surface area contributed by atoms with Gasteiger partial charge < -0.3 is 20.3 Å². The zero-order valence-electron chi connectivity index (χ0n) is 50.8. The number of carbonyl (C=O) groups is 2. The molecule has 0 bridgehead atoms. The zero-order valence-corrected chi connectivity index (χ0v) is 50.8. The molecule has 0 aliphatic heterocycles. The first-order valence-electron chi connectivity index (χ1n) is 34.1. The average Bonchev–Trinajstić information content (AvgIpc) is 3.41. The van der Waals surface area contributed by atoms with E-state index >= 15 is 0 Å². The summed E-state index contributed by atoms with van der Waals surface area (Å²) in [6, 6.07) is -0.543. The van der Waals surface area contributed by atoms with Gasteiger partial charge >= 0.3 is 5.97 Å². The van der Waals surface area contributed by atoms with Gasteiger partial charge in [-0.15, -0.1) is 0 Å². The van der Waals surface area contributed by atoms with Crippen molar-refractivity contribution in [2.45, 2.75) is 392 Å². The topological polar surface area (TPSA) is 95.9 Å². The summed E-state index contributed by atoms with van der Waals surface area (Å²) >= 11 is 0. The fourth-order valence-electron chi connectivity index (χ4n) is 10.7. The Morgan fingerprint density at radius 3 is 0.947 bits per heavy atom. The summed E-state index contributed by atoms with van der Waals surface area (Å²) in [5.41, 5.74) is 0. The highest BCUT2D eigenvalue weighted by atomic mass is 16.5. The number of unbranched alkanes of at least 4 members (excludes halogenated alkanes) is 49. The van der Waals surface area contributed by atoms with E-state index in [4.69, 9.17) is 4.74 Å². The SMILES string of the molecule is CCCCCCC/C=C\CCCCCCCC(=O)OCCCCCCCCCCCCCC/C=C\CCCCCCCCCCCCC(=O)NC(CO)C(O)CCCCCCCCCCCCCCCCCCCC. The highest BCUT2D eigenvalue weighted by molar-refractivity contribution is 5.76. The van der Waals surface area contributed by atoms with Crippen LogP contribution < -0.4 is 5.32 Å². The predicted octanol–water partition coefficient (Wildman–Crippen LogP) is 21.8. The maximum Gasteiger partial charge on any atom is 0.305 e. The first kappa shape index (κ1) is 73.3. The van der Waals surface area contributed by atoms with Gasteiger partial charge in [0.2, 0.25) is 5.91 Å². The van der Waals surface area contributed by atoms with Crippen molar-refractivity contribution >= 4 is 11.9 Å². The van der Waals surface area contributed by atoms with Crippen LogP contribution in [0.15, 0.2) is 24.3 Å². The molecular formula is C69H133NO5. The second kappa shape index (κ2) is 64.9. The maximum absolute atomic E-state index is 12.5. The van der Waals surface area contributed by atoms with Gasteiger partial charge in [0.25, 0.3) is 0 Å². The molecule has 0 aliphatic carbocycles. The Bertz CT molecular complexity index is 1170. The quantitative estimate of drug-likeness (QED) is 0.0320.